The second-order valence-electron chi connectivity index (χ2n) is 16.8. The lowest BCUT2D eigenvalue weighted by molar-refractivity contribution is -0.870. The number of aliphatic hydroxyl groups is 1. The van der Waals surface area contributed by atoms with Crippen LogP contribution in [0, 0.1) is 0 Å². The van der Waals surface area contributed by atoms with Crippen molar-refractivity contribution in [1.29, 1.82) is 0 Å². The first-order valence-corrected chi connectivity index (χ1v) is 24.1. The van der Waals surface area contributed by atoms with Gasteiger partial charge < -0.3 is 28.8 Å². The van der Waals surface area contributed by atoms with Gasteiger partial charge in [-0.05, 0) is 44.9 Å². The third kappa shape index (κ3) is 39.2. The van der Waals surface area contributed by atoms with Crippen molar-refractivity contribution in [2.75, 3.05) is 40.9 Å². The molecule has 2 N–H and O–H groups in total. The van der Waals surface area contributed by atoms with Crippen LogP contribution in [-0.2, 0) is 18.4 Å². The van der Waals surface area contributed by atoms with E-state index in [1.165, 1.54) is 135 Å². The van der Waals surface area contributed by atoms with Gasteiger partial charge in [0.1, 0.15) is 13.2 Å². The van der Waals surface area contributed by atoms with Gasteiger partial charge in [-0.15, -0.1) is 0 Å². The van der Waals surface area contributed by atoms with Gasteiger partial charge in [-0.3, -0.25) is 9.36 Å². The van der Waals surface area contributed by atoms with E-state index in [-0.39, 0.29) is 19.1 Å². The molecule has 8 nitrogen and oxygen atoms in total. The summed E-state index contributed by atoms with van der Waals surface area (Å²) in [5, 5.41) is 13.5. The molecule has 9 heteroatoms. The maximum absolute atomic E-state index is 12.7. The lowest BCUT2D eigenvalue weighted by Gasteiger charge is -2.30. The molecular formula is C45H89N2O6P. The van der Waals surface area contributed by atoms with E-state index < -0.39 is 20.0 Å². The molecule has 0 fully saturated rings. The standard InChI is InChI=1S/C45H89N2O6P/c1-6-8-10-11-12-13-14-15-16-17-18-19-20-21-22-23-24-25-26-27-28-29-30-31-32-33-34-35-37-39-45(49)46-43(44(48)38-36-9-7-2)42-53-54(50,51)52-41-40-47(3,4)5/h14-15,17-18,43-44,48H,6-13,16,19-42H2,1-5H3,(H-,46,49,50,51)/b15-14-,18-17-. The Morgan fingerprint density at radius 2 is 1.07 bits per heavy atom. The molecule has 0 saturated heterocycles. The number of unbranched alkanes of at least 4 members (excludes halogenated alkanes) is 24. The van der Waals surface area contributed by atoms with Gasteiger partial charge in [0.15, 0.2) is 0 Å². The maximum atomic E-state index is 12.7. The third-order valence-electron chi connectivity index (χ3n) is 10.2. The molecule has 3 unspecified atom stereocenters. The number of carbonyl (C=O) groups excluding carboxylic acids is 1. The number of amides is 1. The summed E-state index contributed by atoms with van der Waals surface area (Å²) in [5.41, 5.74) is 0. The Morgan fingerprint density at radius 3 is 1.54 bits per heavy atom. The first-order valence-electron chi connectivity index (χ1n) is 22.7. The van der Waals surface area contributed by atoms with Crippen molar-refractivity contribution in [2.45, 2.75) is 219 Å². The van der Waals surface area contributed by atoms with Gasteiger partial charge in [0.25, 0.3) is 7.82 Å². The zero-order valence-electron chi connectivity index (χ0n) is 36.2. The molecule has 0 bridgehead atoms. The van der Waals surface area contributed by atoms with Crippen molar-refractivity contribution < 1.29 is 32.9 Å². The van der Waals surface area contributed by atoms with Gasteiger partial charge in [0, 0.05) is 6.42 Å². The summed E-state index contributed by atoms with van der Waals surface area (Å²) in [4.78, 5) is 25.0. The third-order valence-corrected chi connectivity index (χ3v) is 11.2. The summed E-state index contributed by atoms with van der Waals surface area (Å²) in [7, 11) is 1.30. The molecule has 0 aliphatic heterocycles. The molecule has 0 aromatic rings. The summed E-state index contributed by atoms with van der Waals surface area (Å²) >= 11 is 0. The molecule has 0 aromatic carbocycles. The Hall–Kier alpha value is -1.02. The van der Waals surface area contributed by atoms with E-state index in [9.17, 15) is 19.4 Å². The highest BCUT2D eigenvalue weighted by Gasteiger charge is 2.24. The number of carbonyl (C=O) groups is 1. The minimum absolute atomic E-state index is 0.0117. The normalized spacial score (nSPS) is 14.6. The molecule has 0 aromatic heterocycles. The van der Waals surface area contributed by atoms with E-state index >= 15 is 0 Å². The number of quaternary nitrogens is 1. The zero-order valence-corrected chi connectivity index (χ0v) is 37.1. The largest absolute Gasteiger partial charge is 0.756 e. The number of phosphoric ester groups is 1. The molecular weight excluding hydrogens is 695 g/mol. The second-order valence-corrected chi connectivity index (χ2v) is 18.2. The number of hydrogen-bond acceptors (Lipinski definition) is 6. The highest BCUT2D eigenvalue weighted by molar-refractivity contribution is 7.45. The van der Waals surface area contributed by atoms with E-state index in [0.717, 1.165) is 44.9 Å². The van der Waals surface area contributed by atoms with Crippen LogP contribution in [0.3, 0.4) is 0 Å². The molecule has 0 rings (SSSR count). The van der Waals surface area contributed by atoms with Gasteiger partial charge in [0.05, 0.1) is 39.9 Å². The number of phosphoric acid groups is 1. The lowest BCUT2D eigenvalue weighted by Crippen LogP contribution is -2.46. The molecule has 54 heavy (non-hydrogen) atoms. The average molecular weight is 785 g/mol. The predicted molar refractivity (Wildman–Crippen MR) is 228 cm³/mol. The van der Waals surface area contributed by atoms with Crippen molar-refractivity contribution in [3.63, 3.8) is 0 Å². The van der Waals surface area contributed by atoms with Gasteiger partial charge in [-0.1, -0.05) is 179 Å². The molecule has 3 atom stereocenters. The fourth-order valence-electron chi connectivity index (χ4n) is 6.54. The van der Waals surface area contributed by atoms with Crippen molar-refractivity contribution in [1.82, 2.24) is 5.32 Å². The molecule has 0 spiro atoms. The van der Waals surface area contributed by atoms with Crippen LogP contribution in [0.25, 0.3) is 0 Å². The Balaban J connectivity index is 3.78. The number of nitrogens with one attached hydrogen (secondary N) is 1. The first-order chi connectivity index (χ1) is 26.0. The number of rotatable bonds is 41. The Bertz CT molecular complexity index is 938. The van der Waals surface area contributed by atoms with Gasteiger partial charge in [-0.25, -0.2) is 0 Å². The van der Waals surface area contributed by atoms with Gasteiger partial charge in [0.2, 0.25) is 5.91 Å². The Labute approximate surface area is 334 Å². The Kier molecular flexibility index (Phi) is 36.8. The molecule has 320 valence electrons. The number of likely N-dealkylation sites (N-methyl/N-ethyl adjacent to an activating group) is 1. The topological polar surface area (TPSA) is 108 Å². The summed E-state index contributed by atoms with van der Waals surface area (Å²) in [6.45, 7) is 4.54. The van der Waals surface area contributed by atoms with Crippen LogP contribution in [0.2, 0.25) is 0 Å². The maximum Gasteiger partial charge on any atom is 0.268 e. The summed E-state index contributed by atoms with van der Waals surface area (Å²) < 4.78 is 22.9. The Morgan fingerprint density at radius 1 is 0.648 bits per heavy atom. The van der Waals surface area contributed by atoms with E-state index in [2.05, 4.69) is 43.5 Å². The number of hydrogen-bond donors (Lipinski definition) is 2. The second kappa shape index (κ2) is 37.6. The van der Waals surface area contributed by atoms with Crippen LogP contribution in [-0.4, -0.2) is 68.5 Å². The van der Waals surface area contributed by atoms with Gasteiger partial charge in [-0.2, -0.15) is 0 Å². The quantitative estimate of drug-likeness (QED) is 0.0277. The van der Waals surface area contributed by atoms with Crippen LogP contribution < -0.4 is 10.2 Å². The van der Waals surface area contributed by atoms with Crippen molar-refractivity contribution in [2.24, 2.45) is 0 Å². The molecule has 0 aliphatic carbocycles. The van der Waals surface area contributed by atoms with E-state index in [0.29, 0.717) is 23.9 Å². The van der Waals surface area contributed by atoms with Crippen molar-refractivity contribution >= 4 is 13.7 Å². The van der Waals surface area contributed by atoms with E-state index in [1.807, 2.05) is 21.1 Å². The van der Waals surface area contributed by atoms with Crippen LogP contribution in [0.5, 0.6) is 0 Å². The minimum Gasteiger partial charge on any atom is -0.756 e. The predicted octanol–water partition coefficient (Wildman–Crippen LogP) is 11.9. The summed E-state index contributed by atoms with van der Waals surface area (Å²) in [6.07, 6.45) is 44.3. The van der Waals surface area contributed by atoms with Crippen LogP contribution >= 0.6 is 7.82 Å². The minimum atomic E-state index is -4.54. The van der Waals surface area contributed by atoms with E-state index in [4.69, 9.17) is 9.05 Å². The van der Waals surface area contributed by atoms with Crippen LogP contribution in [0.4, 0.5) is 0 Å². The van der Waals surface area contributed by atoms with Gasteiger partial charge >= 0.3 is 0 Å². The summed E-state index contributed by atoms with van der Waals surface area (Å²) in [6, 6.07) is -0.793. The number of allylic oxidation sites excluding steroid dienone is 4. The summed E-state index contributed by atoms with van der Waals surface area (Å²) in [5.74, 6) is -0.175. The van der Waals surface area contributed by atoms with Crippen molar-refractivity contribution in [3.05, 3.63) is 24.3 Å². The SMILES string of the molecule is CCCCCCC/C=C\C/C=C\CCCCCCCCCCCCCCCCCCCC(=O)NC(COP(=O)([O-])OCC[N+](C)(C)C)C(O)CCCCC. The molecule has 0 saturated carbocycles. The smallest absolute Gasteiger partial charge is 0.268 e. The highest BCUT2D eigenvalue weighted by atomic mass is 31.2. The van der Waals surface area contributed by atoms with Crippen LogP contribution in [0.15, 0.2) is 24.3 Å². The fourth-order valence-corrected chi connectivity index (χ4v) is 7.26. The number of nitrogens with zero attached hydrogens (tertiary/aromatic N) is 1. The highest BCUT2D eigenvalue weighted by Crippen LogP contribution is 2.38. The van der Waals surface area contributed by atoms with E-state index in [1.54, 1.807) is 0 Å². The zero-order chi connectivity index (χ0) is 40.0. The number of aliphatic hydroxyl groups excluding tert-OH is 1. The molecule has 1 amide bonds. The lowest BCUT2D eigenvalue weighted by atomic mass is 10.0. The van der Waals surface area contributed by atoms with Crippen LogP contribution in [0.1, 0.15) is 206 Å². The average Bonchev–Trinajstić information content (AvgIpc) is 3.12. The molecule has 0 radical (unpaired) electrons. The fraction of sp³-hybridized carbons (Fsp3) is 0.889. The monoisotopic (exact) mass is 785 g/mol. The molecule has 0 heterocycles. The molecule has 0 aliphatic rings. The first kappa shape index (κ1) is 53.0. The van der Waals surface area contributed by atoms with Crippen molar-refractivity contribution in [3.8, 4) is 0 Å².